The summed E-state index contributed by atoms with van der Waals surface area (Å²) >= 11 is 3.18. The number of rotatable bonds is 3. The number of hydrogen-bond donors (Lipinski definition) is 1. The SMILES string of the molecule is Cc1nc2cc(NC(=O)C3CC34CCN(C(=O)c3cn5ccsc5n3)CC4)ccc2s1. The lowest BCUT2D eigenvalue weighted by Gasteiger charge is -2.32. The van der Waals surface area contributed by atoms with E-state index in [0.29, 0.717) is 18.8 Å². The number of imidazole rings is 1. The van der Waals surface area contributed by atoms with E-state index in [9.17, 15) is 9.59 Å². The fourth-order valence-electron chi connectivity index (χ4n) is 4.77. The van der Waals surface area contributed by atoms with Crippen LogP contribution in [0.3, 0.4) is 0 Å². The van der Waals surface area contributed by atoms with Crippen molar-refractivity contribution in [3.8, 4) is 0 Å². The molecule has 1 saturated heterocycles. The summed E-state index contributed by atoms with van der Waals surface area (Å²) in [7, 11) is 0. The fraction of sp³-hybridized carbons (Fsp3) is 0.364. The molecular weight excluding hydrogens is 430 g/mol. The second-order valence-electron chi connectivity index (χ2n) is 8.53. The van der Waals surface area contributed by atoms with Gasteiger partial charge in [0.15, 0.2) is 4.96 Å². The van der Waals surface area contributed by atoms with Crippen molar-refractivity contribution >= 4 is 55.4 Å². The van der Waals surface area contributed by atoms with Gasteiger partial charge in [-0.3, -0.25) is 14.0 Å². The van der Waals surface area contributed by atoms with Gasteiger partial charge < -0.3 is 10.2 Å². The number of aromatic nitrogens is 3. The summed E-state index contributed by atoms with van der Waals surface area (Å²) in [4.78, 5) is 37.4. The number of carbonyl (C=O) groups is 2. The van der Waals surface area contributed by atoms with E-state index in [1.54, 1.807) is 17.5 Å². The first-order chi connectivity index (χ1) is 15.0. The average molecular weight is 452 g/mol. The molecule has 2 amide bonds. The number of likely N-dealkylation sites (tertiary alicyclic amines) is 1. The van der Waals surface area contributed by atoms with Crippen LogP contribution in [0.1, 0.15) is 34.8 Å². The third kappa shape index (κ3) is 3.23. The maximum absolute atomic E-state index is 12.9. The average Bonchev–Trinajstić information content (AvgIpc) is 3.08. The summed E-state index contributed by atoms with van der Waals surface area (Å²) in [5, 5.41) is 6.06. The Hall–Kier alpha value is -2.78. The van der Waals surface area contributed by atoms with Crippen LogP contribution in [0.5, 0.6) is 0 Å². The highest BCUT2D eigenvalue weighted by molar-refractivity contribution is 7.18. The molecular formula is C22H21N5O2S2. The molecule has 1 atom stereocenters. The van der Waals surface area contributed by atoms with Crippen molar-refractivity contribution < 1.29 is 9.59 Å². The summed E-state index contributed by atoms with van der Waals surface area (Å²) in [6, 6.07) is 5.91. The van der Waals surface area contributed by atoms with E-state index in [-0.39, 0.29) is 23.1 Å². The van der Waals surface area contributed by atoms with Crippen LogP contribution < -0.4 is 5.32 Å². The van der Waals surface area contributed by atoms with Gasteiger partial charge >= 0.3 is 0 Å². The van der Waals surface area contributed by atoms with Gasteiger partial charge in [-0.05, 0) is 49.8 Å². The van der Waals surface area contributed by atoms with Gasteiger partial charge in [0.05, 0.1) is 15.2 Å². The molecule has 3 aromatic heterocycles. The predicted molar refractivity (Wildman–Crippen MR) is 122 cm³/mol. The Labute approximate surface area is 186 Å². The predicted octanol–water partition coefficient (Wildman–Crippen LogP) is 4.19. The van der Waals surface area contributed by atoms with E-state index >= 15 is 0 Å². The molecule has 1 aliphatic carbocycles. The lowest BCUT2D eigenvalue weighted by molar-refractivity contribution is -0.118. The van der Waals surface area contributed by atoms with Crippen LogP contribution in [0.2, 0.25) is 0 Å². The van der Waals surface area contributed by atoms with Crippen LogP contribution in [-0.4, -0.2) is 44.2 Å². The van der Waals surface area contributed by atoms with Crippen molar-refractivity contribution in [2.75, 3.05) is 18.4 Å². The largest absolute Gasteiger partial charge is 0.337 e. The summed E-state index contributed by atoms with van der Waals surface area (Å²) in [5.74, 6) is 0.0928. The molecule has 4 heterocycles. The van der Waals surface area contributed by atoms with Crippen LogP contribution >= 0.6 is 22.7 Å². The minimum atomic E-state index is -0.0146. The van der Waals surface area contributed by atoms with Gasteiger partial charge in [-0.2, -0.15) is 0 Å². The van der Waals surface area contributed by atoms with Gasteiger partial charge in [0.1, 0.15) is 5.69 Å². The molecule has 4 aromatic rings. The number of fused-ring (bicyclic) bond motifs is 2. The maximum Gasteiger partial charge on any atom is 0.274 e. The van der Waals surface area contributed by atoms with Crippen molar-refractivity contribution in [3.05, 3.63) is 46.7 Å². The summed E-state index contributed by atoms with van der Waals surface area (Å²) in [5.41, 5.74) is 2.27. The second kappa shape index (κ2) is 6.86. The highest BCUT2D eigenvalue weighted by Gasteiger charge is 2.58. The molecule has 1 N–H and O–H groups in total. The molecule has 7 nitrogen and oxygen atoms in total. The lowest BCUT2D eigenvalue weighted by atomic mass is 9.90. The van der Waals surface area contributed by atoms with Crippen molar-refractivity contribution in [1.29, 1.82) is 0 Å². The van der Waals surface area contributed by atoms with Crippen LogP contribution in [0.25, 0.3) is 15.2 Å². The Bertz CT molecular complexity index is 1300. The van der Waals surface area contributed by atoms with Crippen LogP contribution in [0.4, 0.5) is 5.69 Å². The van der Waals surface area contributed by atoms with Crippen molar-refractivity contribution in [1.82, 2.24) is 19.3 Å². The van der Waals surface area contributed by atoms with E-state index < -0.39 is 0 Å². The zero-order valence-corrected chi connectivity index (χ0v) is 18.6. The van der Waals surface area contributed by atoms with Crippen LogP contribution in [0.15, 0.2) is 36.0 Å². The first kappa shape index (κ1) is 18.9. The normalized spacial score (nSPS) is 19.9. The highest BCUT2D eigenvalue weighted by Crippen LogP contribution is 2.59. The number of aryl methyl sites for hydroxylation is 1. The molecule has 1 saturated carbocycles. The molecule has 0 bridgehead atoms. The molecule has 158 valence electrons. The molecule has 2 aliphatic rings. The molecule has 1 aromatic carbocycles. The minimum Gasteiger partial charge on any atom is -0.337 e. The number of amides is 2. The molecule has 1 aliphatic heterocycles. The highest BCUT2D eigenvalue weighted by atomic mass is 32.1. The minimum absolute atomic E-state index is 0.0146. The first-order valence-corrected chi connectivity index (χ1v) is 12.1. The van der Waals surface area contributed by atoms with Gasteiger partial charge in [0, 0.05) is 42.5 Å². The van der Waals surface area contributed by atoms with Crippen molar-refractivity contribution in [2.24, 2.45) is 11.3 Å². The third-order valence-corrected chi connectivity index (χ3v) is 8.35. The number of nitrogens with zero attached hydrogens (tertiary/aromatic N) is 4. The first-order valence-electron chi connectivity index (χ1n) is 10.4. The summed E-state index contributed by atoms with van der Waals surface area (Å²) < 4.78 is 3.02. The van der Waals surface area contributed by atoms with Crippen molar-refractivity contribution in [3.63, 3.8) is 0 Å². The van der Waals surface area contributed by atoms with E-state index in [4.69, 9.17) is 0 Å². The lowest BCUT2D eigenvalue weighted by Crippen LogP contribution is -2.40. The number of carbonyl (C=O) groups excluding carboxylic acids is 2. The maximum atomic E-state index is 12.9. The van der Waals surface area contributed by atoms with E-state index in [1.807, 2.05) is 46.0 Å². The van der Waals surface area contributed by atoms with Gasteiger partial charge in [-0.15, -0.1) is 22.7 Å². The molecule has 2 fully saturated rings. The number of nitrogens with one attached hydrogen (secondary N) is 1. The molecule has 9 heteroatoms. The number of benzene rings is 1. The fourth-order valence-corrected chi connectivity index (χ4v) is 6.28. The molecule has 0 radical (unpaired) electrons. The van der Waals surface area contributed by atoms with Crippen molar-refractivity contribution in [2.45, 2.75) is 26.2 Å². The number of anilines is 1. The number of hydrogen-bond acceptors (Lipinski definition) is 6. The molecule has 1 spiro atoms. The quantitative estimate of drug-likeness (QED) is 0.506. The Morgan fingerprint density at radius 3 is 2.87 bits per heavy atom. The van der Waals surface area contributed by atoms with Gasteiger partial charge in [0.25, 0.3) is 5.91 Å². The zero-order chi connectivity index (χ0) is 21.2. The molecule has 31 heavy (non-hydrogen) atoms. The topological polar surface area (TPSA) is 79.6 Å². The zero-order valence-electron chi connectivity index (χ0n) is 17.0. The number of thiazole rings is 2. The Balaban J connectivity index is 1.08. The molecule has 6 rings (SSSR count). The van der Waals surface area contributed by atoms with Crippen LogP contribution in [0, 0.1) is 18.3 Å². The standard InChI is InChI=1S/C22H21N5O2S2/c1-13-23-16-10-14(2-3-18(16)31-13)24-19(28)15-11-22(15)4-6-26(7-5-22)20(29)17-12-27-8-9-30-21(27)25-17/h2-3,8-10,12,15H,4-7,11H2,1H3,(H,24,28). The van der Waals surface area contributed by atoms with E-state index in [1.165, 1.54) is 11.3 Å². The van der Waals surface area contributed by atoms with Gasteiger partial charge in [0.2, 0.25) is 5.91 Å². The second-order valence-corrected chi connectivity index (χ2v) is 10.6. The van der Waals surface area contributed by atoms with Crippen LogP contribution in [-0.2, 0) is 4.79 Å². The Morgan fingerprint density at radius 2 is 2.06 bits per heavy atom. The van der Waals surface area contributed by atoms with E-state index in [2.05, 4.69) is 15.3 Å². The monoisotopic (exact) mass is 451 g/mol. The third-order valence-electron chi connectivity index (χ3n) is 6.63. The molecule has 1 unspecified atom stereocenters. The Morgan fingerprint density at radius 1 is 1.23 bits per heavy atom. The van der Waals surface area contributed by atoms with Gasteiger partial charge in [-0.1, -0.05) is 0 Å². The summed E-state index contributed by atoms with van der Waals surface area (Å²) in [6.45, 7) is 3.35. The van der Waals surface area contributed by atoms with Gasteiger partial charge in [-0.25, -0.2) is 9.97 Å². The summed E-state index contributed by atoms with van der Waals surface area (Å²) in [6.07, 6.45) is 6.34. The smallest absolute Gasteiger partial charge is 0.274 e. The Kier molecular flexibility index (Phi) is 4.19. The van der Waals surface area contributed by atoms with E-state index in [0.717, 1.165) is 45.1 Å². The number of piperidine rings is 1.